The zero-order chi connectivity index (χ0) is 12.7. The van der Waals surface area contributed by atoms with E-state index in [1.165, 1.54) is 6.07 Å². The van der Waals surface area contributed by atoms with Crippen molar-refractivity contribution in [1.82, 2.24) is 0 Å². The van der Waals surface area contributed by atoms with E-state index in [1.807, 2.05) is 18.2 Å². The van der Waals surface area contributed by atoms with Gasteiger partial charge in [-0.1, -0.05) is 22.0 Å². The van der Waals surface area contributed by atoms with Crippen LogP contribution in [0, 0.1) is 0 Å². The number of benzene rings is 2. The summed E-state index contributed by atoms with van der Waals surface area (Å²) in [6.45, 7) is 0.406. The van der Waals surface area contributed by atoms with Crippen molar-refractivity contribution in [2.45, 2.75) is 12.7 Å². The molecule has 0 saturated heterocycles. The number of hydrogen-bond acceptors (Lipinski definition) is 3. The summed E-state index contributed by atoms with van der Waals surface area (Å²) < 4.78 is 6.61. The molecule has 1 unspecified atom stereocenters. The first kappa shape index (κ1) is 11.6. The lowest BCUT2D eigenvalue weighted by atomic mass is 9.97. The van der Waals surface area contributed by atoms with Crippen molar-refractivity contribution >= 4 is 15.9 Å². The average molecular weight is 307 g/mol. The lowest BCUT2D eigenvalue weighted by Crippen LogP contribution is -2.01. The largest absolute Gasteiger partial charge is 0.508 e. The van der Waals surface area contributed by atoms with E-state index in [0.29, 0.717) is 17.9 Å². The Morgan fingerprint density at radius 2 is 1.94 bits per heavy atom. The molecule has 4 heteroatoms. The number of phenols is 1. The minimum absolute atomic E-state index is 0.122. The van der Waals surface area contributed by atoms with E-state index in [1.54, 1.807) is 12.1 Å². The van der Waals surface area contributed by atoms with Crippen molar-refractivity contribution in [3.63, 3.8) is 0 Å². The number of fused-ring (bicyclic) bond motifs is 2. The standard InChI is InChI=1S/C14H11BrO3/c15-9-1-3-11-8(5-9)7-18-13-4-2-10(16)6-12(13)14(11)17/h1-6,14,16-17H,7H2. The first-order valence-electron chi connectivity index (χ1n) is 5.57. The maximum atomic E-state index is 10.4. The topological polar surface area (TPSA) is 49.7 Å². The van der Waals surface area contributed by atoms with Crippen LogP contribution in [0.5, 0.6) is 11.5 Å². The van der Waals surface area contributed by atoms with Gasteiger partial charge in [0.1, 0.15) is 24.2 Å². The van der Waals surface area contributed by atoms with E-state index in [0.717, 1.165) is 15.6 Å². The van der Waals surface area contributed by atoms with E-state index < -0.39 is 6.10 Å². The number of aromatic hydroxyl groups is 1. The third-order valence-electron chi connectivity index (χ3n) is 3.07. The van der Waals surface area contributed by atoms with E-state index in [9.17, 15) is 10.2 Å². The molecule has 2 aromatic carbocycles. The van der Waals surface area contributed by atoms with Crippen LogP contribution in [0.1, 0.15) is 22.8 Å². The third kappa shape index (κ3) is 1.87. The van der Waals surface area contributed by atoms with Gasteiger partial charge < -0.3 is 14.9 Å². The van der Waals surface area contributed by atoms with Crippen molar-refractivity contribution in [1.29, 1.82) is 0 Å². The Balaban J connectivity index is 2.17. The minimum Gasteiger partial charge on any atom is -0.508 e. The van der Waals surface area contributed by atoms with Gasteiger partial charge in [0, 0.05) is 10.0 Å². The third-order valence-corrected chi connectivity index (χ3v) is 3.56. The Morgan fingerprint density at radius 3 is 2.78 bits per heavy atom. The summed E-state index contributed by atoms with van der Waals surface area (Å²) in [5, 5.41) is 19.9. The van der Waals surface area contributed by atoms with Crippen LogP contribution in [0.25, 0.3) is 0 Å². The second-order valence-electron chi connectivity index (χ2n) is 4.26. The van der Waals surface area contributed by atoms with E-state index in [4.69, 9.17) is 4.74 Å². The number of phenolic OH excluding ortho intramolecular Hbond substituents is 1. The van der Waals surface area contributed by atoms with Gasteiger partial charge in [-0.15, -0.1) is 0 Å². The molecule has 2 N–H and O–H groups in total. The van der Waals surface area contributed by atoms with Gasteiger partial charge in [-0.05, 0) is 41.5 Å². The summed E-state index contributed by atoms with van der Waals surface area (Å²) in [5.74, 6) is 0.726. The monoisotopic (exact) mass is 306 g/mol. The van der Waals surface area contributed by atoms with Crippen molar-refractivity contribution < 1.29 is 14.9 Å². The molecule has 0 fully saturated rings. The molecule has 3 nitrogen and oxygen atoms in total. The quantitative estimate of drug-likeness (QED) is 0.786. The first-order valence-corrected chi connectivity index (χ1v) is 6.36. The number of aliphatic hydroxyl groups excluding tert-OH is 1. The summed E-state index contributed by atoms with van der Waals surface area (Å²) in [4.78, 5) is 0. The second-order valence-corrected chi connectivity index (χ2v) is 5.17. The van der Waals surface area contributed by atoms with Crippen molar-refractivity contribution in [3.05, 3.63) is 57.6 Å². The molecule has 2 aromatic rings. The minimum atomic E-state index is -0.780. The Hall–Kier alpha value is -1.52. The van der Waals surface area contributed by atoms with Gasteiger partial charge >= 0.3 is 0 Å². The van der Waals surface area contributed by atoms with Crippen LogP contribution < -0.4 is 4.74 Å². The highest BCUT2D eigenvalue weighted by Gasteiger charge is 2.23. The van der Waals surface area contributed by atoms with Crippen molar-refractivity contribution in [3.8, 4) is 11.5 Å². The predicted octanol–water partition coefficient (Wildman–Crippen LogP) is 3.13. The summed E-state index contributed by atoms with van der Waals surface area (Å²) >= 11 is 3.41. The fourth-order valence-electron chi connectivity index (χ4n) is 2.17. The van der Waals surface area contributed by atoms with Crippen LogP contribution >= 0.6 is 15.9 Å². The highest BCUT2D eigenvalue weighted by atomic mass is 79.9. The van der Waals surface area contributed by atoms with E-state index >= 15 is 0 Å². The average Bonchev–Trinajstić information content (AvgIpc) is 2.48. The fourth-order valence-corrected chi connectivity index (χ4v) is 2.58. The van der Waals surface area contributed by atoms with Gasteiger partial charge in [-0.3, -0.25) is 0 Å². The highest BCUT2D eigenvalue weighted by Crippen LogP contribution is 2.38. The molecule has 0 amide bonds. The van der Waals surface area contributed by atoms with Crippen LogP contribution in [0.2, 0.25) is 0 Å². The van der Waals surface area contributed by atoms with Crippen LogP contribution in [-0.2, 0) is 6.61 Å². The van der Waals surface area contributed by atoms with Gasteiger partial charge in [0.15, 0.2) is 0 Å². The van der Waals surface area contributed by atoms with Gasteiger partial charge in [0.25, 0.3) is 0 Å². The van der Waals surface area contributed by atoms with E-state index in [-0.39, 0.29) is 5.75 Å². The molecule has 0 bridgehead atoms. The molecule has 1 atom stereocenters. The van der Waals surface area contributed by atoms with Gasteiger partial charge in [0.2, 0.25) is 0 Å². The first-order chi connectivity index (χ1) is 8.65. The molecule has 1 aliphatic rings. The predicted molar refractivity (Wildman–Crippen MR) is 70.6 cm³/mol. The number of hydrogen-bond donors (Lipinski definition) is 2. The number of ether oxygens (including phenoxy) is 1. The number of rotatable bonds is 0. The molecule has 1 heterocycles. The van der Waals surface area contributed by atoms with Gasteiger partial charge in [-0.2, -0.15) is 0 Å². The molecule has 92 valence electrons. The summed E-state index contributed by atoms with van der Waals surface area (Å²) in [5.41, 5.74) is 2.34. The lowest BCUT2D eigenvalue weighted by molar-refractivity contribution is 0.218. The Bertz CT molecular complexity index is 610. The van der Waals surface area contributed by atoms with Crippen molar-refractivity contribution in [2.75, 3.05) is 0 Å². The van der Waals surface area contributed by atoms with Crippen LogP contribution in [0.4, 0.5) is 0 Å². The van der Waals surface area contributed by atoms with Crippen LogP contribution in [0.15, 0.2) is 40.9 Å². The Kier molecular flexibility index (Phi) is 2.76. The van der Waals surface area contributed by atoms with E-state index in [2.05, 4.69) is 15.9 Å². The SMILES string of the molecule is Oc1ccc2c(c1)C(O)c1ccc(Br)cc1CO2. The molecule has 1 aliphatic heterocycles. The Labute approximate surface area is 113 Å². The van der Waals surface area contributed by atoms with Gasteiger partial charge in [-0.25, -0.2) is 0 Å². The maximum Gasteiger partial charge on any atom is 0.126 e. The van der Waals surface area contributed by atoms with Gasteiger partial charge in [0.05, 0.1) is 0 Å². The van der Waals surface area contributed by atoms with Crippen LogP contribution in [0.3, 0.4) is 0 Å². The molecular weight excluding hydrogens is 296 g/mol. The molecule has 0 aliphatic carbocycles. The Morgan fingerprint density at radius 1 is 1.11 bits per heavy atom. The molecule has 18 heavy (non-hydrogen) atoms. The number of aliphatic hydroxyl groups is 1. The summed E-state index contributed by atoms with van der Waals surface area (Å²) in [6.07, 6.45) is -0.780. The molecule has 0 aromatic heterocycles. The van der Waals surface area contributed by atoms with Crippen LogP contribution in [-0.4, -0.2) is 10.2 Å². The molecule has 0 radical (unpaired) electrons. The second kappa shape index (κ2) is 4.30. The zero-order valence-corrected chi connectivity index (χ0v) is 11.0. The molecule has 3 rings (SSSR count). The normalized spacial score (nSPS) is 17.3. The zero-order valence-electron chi connectivity index (χ0n) is 9.43. The molecular formula is C14H11BrO3. The molecule has 0 saturated carbocycles. The summed E-state index contributed by atoms with van der Waals surface area (Å²) in [7, 11) is 0. The smallest absolute Gasteiger partial charge is 0.126 e. The maximum absolute atomic E-state index is 10.4. The summed E-state index contributed by atoms with van der Waals surface area (Å²) in [6, 6.07) is 10.5. The lowest BCUT2D eigenvalue weighted by Gasteiger charge is -2.13. The fraction of sp³-hybridized carbons (Fsp3) is 0.143. The number of halogens is 1. The molecule has 0 spiro atoms. The highest BCUT2D eigenvalue weighted by molar-refractivity contribution is 9.10. The van der Waals surface area contributed by atoms with Crippen molar-refractivity contribution in [2.24, 2.45) is 0 Å².